The Morgan fingerprint density at radius 3 is 2.47 bits per heavy atom. The maximum absolute atomic E-state index is 13.0. The van der Waals surface area contributed by atoms with Gasteiger partial charge in [-0.25, -0.2) is 0 Å². The second-order valence-electron chi connectivity index (χ2n) is 8.28. The number of amides is 1. The molecule has 1 aliphatic rings. The maximum atomic E-state index is 13.0. The number of likely N-dealkylation sites (tertiary alicyclic amines) is 1. The zero-order valence-electron chi connectivity index (χ0n) is 18.2. The molecule has 1 amide bonds. The van der Waals surface area contributed by atoms with Crippen LogP contribution in [0.25, 0.3) is 11.0 Å². The summed E-state index contributed by atoms with van der Waals surface area (Å²) in [6, 6.07) is 8.18. The molecule has 0 aliphatic carbocycles. The molecule has 6 heteroatoms. The molecular weight excluding hydrogens is 400 g/mol. The van der Waals surface area contributed by atoms with E-state index in [1.807, 2.05) is 39.0 Å². The van der Waals surface area contributed by atoms with Gasteiger partial charge in [-0.05, 0) is 83.0 Å². The molecule has 0 radical (unpaired) electrons. The number of rotatable bonds is 5. The van der Waals surface area contributed by atoms with E-state index < -0.39 is 0 Å². The number of hydrogen-bond donors (Lipinski definition) is 1. The lowest BCUT2D eigenvalue weighted by Gasteiger charge is -2.33. The van der Waals surface area contributed by atoms with Crippen LogP contribution in [0.4, 0.5) is 0 Å². The van der Waals surface area contributed by atoms with Crippen molar-refractivity contribution in [3.63, 3.8) is 0 Å². The number of carbonyl (C=O) groups excluding carboxylic acids is 1. The number of benzene rings is 1. The largest absolute Gasteiger partial charge is 0.465 e. The molecule has 2 aromatic heterocycles. The first-order chi connectivity index (χ1) is 13.9. The van der Waals surface area contributed by atoms with Gasteiger partial charge in [0.15, 0.2) is 5.76 Å². The predicted octanol–water partition coefficient (Wildman–Crippen LogP) is 5.64. The molecule has 4 rings (SSSR count). The van der Waals surface area contributed by atoms with E-state index in [0.717, 1.165) is 52.3 Å². The molecule has 5 nitrogen and oxygen atoms in total. The van der Waals surface area contributed by atoms with Crippen LogP contribution in [0.2, 0.25) is 0 Å². The zero-order valence-corrected chi connectivity index (χ0v) is 19.0. The minimum absolute atomic E-state index is 0. The van der Waals surface area contributed by atoms with E-state index in [1.165, 1.54) is 19.3 Å². The van der Waals surface area contributed by atoms with E-state index in [-0.39, 0.29) is 24.4 Å². The number of nitrogens with one attached hydrogen (secondary N) is 1. The summed E-state index contributed by atoms with van der Waals surface area (Å²) in [5, 5.41) is 4.14. The quantitative estimate of drug-likeness (QED) is 0.569. The van der Waals surface area contributed by atoms with Gasteiger partial charge in [0, 0.05) is 17.5 Å². The number of piperidine rings is 1. The molecule has 3 aromatic rings. The predicted molar refractivity (Wildman–Crippen MR) is 122 cm³/mol. The Labute approximate surface area is 184 Å². The Bertz CT molecular complexity index is 1030. The Balaban J connectivity index is 0.00000256. The highest BCUT2D eigenvalue weighted by Gasteiger charge is 2.27. The molecule has 1 aromatic carbocycles. The lowest BCUT2D eigenvalue weighted by Crippen LogP contribution is -2.40. The topological polar surface area (TPSA) is 58.6 Å². The molecular formula is C24H31ClN2O3. The summed E-state index contributed by atoms with van der Waals surface area (Å²) in [4.78, 5) is 15.4. The first kappa shape index (κ1) is 22.4. The third-order valence-corrected chi connectivity index (χ3v) is 5.95. The number of fused-ring (bicyclic) bond motifs is 1. The summed E-state index contributed by atoms with van der Waals surface area (Å²) in [6.45, 7) is 10.6. The van der Waals surface area contributed by atoms with Gasteiger partial charge in [-0.3, -0.25) is 9.69 Å². The van der Waals surface area contributed by atoms with Crippen LogP contribution in [0, 0.1) is 27.7 Å². The van der Waals surface area contributed by atoms with E-state index in [9.17, 15) is 4.79 Å². The maximum Gasteiger partial charge on any atom is 0.287 e. The Hall–Kier alpha value is -2.24. The Morgan fingerprint density at radius 1 is 1.07 bits per heavy atom. The molecule has 0 bridgehead atoms. The van der Waals surface area contributed by atoms with Gasteiger partial charge in [0.05, 0.1) is 6.04 Å². The highest BCUT2D eigenvalue weighted by molar-refractivity contribution is 6.00. The van der Waals surface area contributed by atoms with Crippen LogP contribution in [-0.2, 0) is 0 Å². The van der Waals surface area contributed by atoms with Crippen LogP contribution in [-0.4, -0.2) is 30.4 Å². The number of halogens is 1. The molecule has 1 unspecified atom stereocenters. The fourth-order valence-electron chi connectivity index (χ4n) is 4.55. The molecule has 1 atom stereocenters. The highest BCUT2D eigenvalue weighted by atomic mass is 35.5. The van der Waals surface area contributed by atoms with Crippen molar-refractivity contribution in [2.45, 2.75) is 53.0 Å². The van der Waals surface area contributed by atoms with Crippen molar-refractivity contribution in [3.8, 4) is 0 Å². The third kappa shape index (κ3) is 4.42. The van der Waals surface area contributed by atoms with Crippen LogP contribution in [0.15, 0.2) is 33.1 Å². The Morgan fingerprint density at radius 2 is 1.80 bits per heavy atom. The highest BCUT2D eigenvalue weighted by Crippen LogP contribution is 2.30. The minimum Gasteiger partial charge on any atom is -0.465 e. The fraction of sp³-hybridized carbons (Fsp3) is 0.458. The van der Waals surface area contributed by atoms with Crippen molar-refractivity contribution in [2.75, 3.05) is 19.6 Å². The van der Waals surface area contributed by atoms with Crippen molar-refractivity contribution in [1.29, 1.82) is 0 Å². The van der Waals surface area contributed by atoms with E-state index in [4.69, 9.17) is 8.83 Å². The average molecular weight is 431 g/mol. The lowest BCUT2D eigenvalue weighted by molar-refractivity contribution is 0.0888. The Kier molecular flexibility index (Phi) is 6.94. The van der Waals surface area contributed by atoms with Gasteiger partial charge in [-0.15, -0.1) is 12.4 Å². The number of hydrogen-bond acceptors (Lipinski definition) is 4. The zero-order chi connectivity index (χ0) is 20.5. The van der Waals surface area contributed by atoms with Gasteiger partial charge < -0.3 is 14.2 Å². The van der Waals surface area contributed by atoms with E-state index in [2.05, 4.69) is 23.2 Å². The number of carbonyl (C=O) groups is 1. The van der Waals surface area contributed by atoms with Crippen LogP contribution >= 0.6 is 12.4 Å². The van der Waals surface area contributed by atoms with Crippen molar-refractivity contribution in [3.05, 3.63) is 58.2 Å². The average Bonchev–Trinajstić information content (AvgIpc) is 3.26. The summed E-state index contributed by atoms with van der Waals surface area (Å²) < 4.78 is 11.9. The van der Waals surface area contributed by atoms with Gasteiger partial charge in [0.1, 0.15) is 17.1 Å². The summed E-state index contributed by atoms with van der Waals surface area (Å²) in [5.41, 5.74) is 3.95. The second kappa shape index (κ2) is 9.27. The van der Waals surface area contributed by atoms with Crippen LogP contribution < -0.4 is 5.32 Å². The SMILES string of the molecule is Cc1cc(C)c2c(C)c(C(=O)NCC(c3ccc(C)o3)N3CCCCC3)oc2c1.Cl. The normalized spacial score (nSPS) is 15.7. The monoisotopic (exact) mass is 430 g/mol. The first-order valence-corrected chi connectivity index (χ1v) is 10.5. The van der Waals surface area contributed by atoms with Crippen LogP contribution in [0.5, 0.6) is 0 Å². The van der Waals surface area contributed by atoms with Gasteiger partial charge in [0.2, 0.25) is 0 Å². The molecule has 1 N–H and O–H groups in total. The fourth-order valence-corrected chi connectivity index (χ4v) is 4.55. The van der Waals surface area contributed by atoms with Crippen LogP contribution in [0.1, 0.15) is 64.1 Å². The first-order valence-electron chi connectivity index (χ1n) is 10.5. The molecule has 0 spiro atoms. The van der Waals surface area contributed by atoms with Crippen molar-refractivity contribution in [1.82, 2.24) is 10.2 Å². The number of aryl methyl sites for hydroxylation is 4. The van der Waals surface area contributed by atoms with E-state index in [1.54, 1.807) is 0 Å². The second-order valence-corrected chi connectivity index (χ2v) is 8.28. The molecule has 1 aliphatic heterocycles. The van der Waals surface area contributed by atoms with E-state index >= 15 is 0 Å². The molecule has 1 fully saturated rings. The summed E-state index contributed by atoms with van der Waals surface area (Å²) in [5.74, 6) is 2.05. The molecule has 30 heavy (non-hydrogen) atoms. The van der Waals surface area contributed by atoms with Gasteiger partial charge in [-0.1, -0.05) is 12.5 Å². The van der Waals surface area contributed by atoms with Crippen LogP contribution in [0.3, 0.4) is 0 Å². The summed E-state index contributed by atoms with van der Waals surface area (Å²) >= 11 is 0. The summed E-state index contributed by atoms with van der Waals surface area (Å²) in [7, 11) is 0. The van der Waals surface area contributed by atoms with Crippen molar-refractivity contribution in [2.24, 2.45) is 0 Å². The minimum atomic E-state index is -0.166. The van der Waals surface area contributed by atoms with Crippen molar-refractivity contribution >= 4 is 29.3 Å². The molecule has 3 heterocycles. The molecule has 0 saturated carbocycles. The van der Waals surface area contributed by atoms with E-state index in [0.29, 0.717) is 12.3 Å². The van der Waals surface area contributed by atoms with Gasteiger partial charge >= 0.3 is 0 Å². The number of nitrogens with zero attached hydrogens (tertiary/aromatic N) is 1. The third-order valence-electron chi connectivity index (χ3n) is 5.95. The standard InChI is InChI=1S/C24H30N2O3.ClH/c1-15-12-16(2)22-18(4)23(29-21(22)13-15)24(27)25-14-19(20-9-8-17(3)28-20)26-10-6-5-7-11-26;/h8-9,12-13,19H,5-7,10-11,14H2,1-4H3,(H,25,27);1H. The van der Waals surface area contributed by atoms with Crippen molar-refractivity contribution < 1.29 is 13.6 Å². The molecule has 162 valence electrons. The number of furan rings is 2. The summed E-state index contributed by atoms with van der Waals surface area (Å²) in [6.07, 6.45) is 3.64. The lowest BCUT2D eigenvalue weighted by atomic mass is 10.0. The van der Waals surface area contributed by atoms with Gasteiger partial charge in [-0.2, -0.15) is 0 Å². The smallest absolute Gasteiger partial charge is 0.287 e. The molecule has 1 saturated heterocycles. The van der Waals surface area contributed by atoms with Gasteiger partial charge in [0.25, 0.3) is 5.91 Å².